The summed E-state index contributed by atoms with van der Waals surface area (Å²) in [6, 6.07) is 0. The molecule has 7 fully saturated rings. The van der Waals surface area contributed by atoms with Crippen molar-refractivity contribution in [2.24, 2.45) is 101 Å². The molecule has 0 spiro atoms. The maximum absolute atomic E-state index is 4.14. The quantitative estimate of drug-likeness (QED) is 0.0254. The first-order chi connectivity index (χ1) is 45.7. The first kappa shape index (κ1) is 121. The maximum atomic E-state index is 4.14. The molecule has 17 unspecified atom stereocenters. The van der Waals surface area contributed by atoms with Crippen LogP contribution in [0.15, 0.2) is 37.5 Å². The molecule has 8 bridgehead atoms. The molecule has 0 aromatic carbocycles. The van der Waals surface area contributed by atoms with Gasteiger partial charge in [-0.2, -0.15) is 62.2 Å². The fourth-order valence-corrected chi connectivity index (χ4v) is 16.5. The van der Waals surface area contributed by atoms with Gasteiger partial charge in [0, 0.05) is 19.5 Å². The van der Waals surface area contributed by atoms with E-state index in [0.29, 0.717) is 17.8 Å². The van der Waals surface area contributed by atoms with Gasteiger partial charge in [-0.25, -0.2) is 0 Å². The third-order valence-corrected chi connectivity index (χ3v) is 23.9. The number of hydrogen-bond donors (Lipinski definition) is 0. The summed E-state index contributed by atoms with van der Waals surface area (Å²) in [6.07, 6.45) is 81.6. The molecule has 8 aliphatic carbocycles. The third kappa shape index (κ3) is 66.1. The van der Waals surface area contributed by atoms with Gasteiger partial charge < -0.3 is 59.9 Å². The molecule has 0 aromatic heterocycles. The van der Waals surface area contributed by atoms with Crippen molar-refractivity contribution in [2.45, 2.75) is 412 Å². The van der Waals surface area contributed by atoms with Crippen LogP contribution in [0.3, 0.4) is 0 Å². The number of allylic oxidation sites excluding steroid dienone is 4. The summed E-state index contributed by atoms with van der Waals surface area (Å²) in [7, 11) is 0. The number of unbranched alkanes of at least 4 members (excludes halogenated alkanes) is 14. The molecule has 8 aliphatic rings. The van der Waals surface area contributed by atoms with E-state index in [1.807, 2.05) is 12.2 Å². The normalized spacial score (nSPS) is 24.1. The van der Waals surface area contributed by atoms with Gasteiger partial charge >= 0.3 is 77.9 Å². The molecule has 0 saturated heterocycles. The van der Waals surface area contributed by atoms with Crippen molar-refractivity contribution in [3.8, 4) is 0 Å². The third-order valence-electron chi connectivity index (χ3n) is 23.9. The second-order valence-corrected chi connectivity index (χ2v) is 31.2. The van der Waals surface area contributed by atoms with Gasteiger partial charge in [-0.05, 0) is 112 Å². The van der Waals surface area contributed by atoms with E-state index in [4.69, 9.17) is 0 Å². The SMILES string of the molecule is C1=CC2CCC1C2.C=CCCCCCCC=C.CCC(C)CCCCCCC(C)CC.CCC1CC2CCC1C2.CCC1[CH-]C2CCC1C2.CCC1[CH-]C2CCC1C2.O.[CH2-]C.[CH2-]C.[CH2-]C.[CH2-]C(CC)CCCCCCC(CC)CCC.[CH2-]C(CC)CCCCCCC([CH2-])CC.[Zn+2].[Zn+2].[Zn+2].[Zn+2].[Zn]. The summed E-state index contributed by atoms with van der Waals surface area (Å²) in [6.45, 7) is 62.4. The fourth-order valence-electron chi connectivity index (χ4n) is 16.5. The van der Waals surface area contributed by atoms with Crippen LogP contribution in [0.4, 0.5) is 0 Å². The molecule has 0 aliphatic heterocycles. The summed E-state index contributed by atoms with van der Waals surface area (Å²) >= 11 is 0. The van der Waals surface area contributed by atoms with E-state index in [-0.39, 0.29) is 103 Å². The van der Waals surface area contributed by atoms with Crippen molar-refractivity contribution >= 4 is 0 Å². The van der Waals surface area contributed by atoms with E-state index in [1.165, 1.54) is 283 Å². The molecule has 0 radical (unpaired) electrons. The zero-order valence-corrected chi connectivity index (χ0v) is 86.7. The number of rotatable bonds is 39. The summed E-state index contributed by atoms with van der Waals surface area (Å²) in [5.41, 5.74) is 0. The average molecular weight is 1660 g/mol. The topological polar surface area (TPSA) is 31.5 Å². The van der Waals surface area contributed by atoms with Crippen LogP contribution in [0.5, 0.6) is 0 Å². The second-order valence-electron chi connectivity index (χ2n) is 31.2. The molecule has 0 heterocycles. The van der Waals surface area contributed by atoms with Crippen LogP contribution in [0.2, 0.25) is 0 Å². The Morgan fingerprint density at radius 2 is 0.730 bits per heavy atom. The van der Waals surface area contributed by atoms with Gasteiger partial charge in [0.25, 0.3) is 0 Å². The number of hydrogen-bond acceptors (Lipinski definition) is 0. The van der Waals surface area contributed by atoms with E-state index in [1.54, 1.807) is 46.5 Å². The van der Waals surface area contributed by atoms with Crippen molar-refractivity contribution in [1.29, 1.82) is 0 Å². The minimum Gasteiger partial charge on any atom is -0.412 e. The molecule has 17 atom stereocenters. The smallest absolute Gasteiger partial charge is 0.412 e. The Balaban J connectivity index is -0.000000134. The Kier molecular flexibility index (Phi) is 107. The van der Waals surface area contributed by atoms with Crippen LogP contribution < -0.4 is 0 Å². The molecule has 7 saturated carbocycles. The van der Waals surface area contributed by atoms with E-state index in [9.17, 15) is 0 Å². The van der Waals surface area contributed by atoms with Crippen LogP contribution in [0.1, 0.15) is 412 Å². The van der Waals surface area contributed by atoms with Gasteiger partial charge in [-0.1, -0.05) is 363 Å². The van der Waals surface area contributed by atoms with Crippen molar-refractivity contribution < 1.29 is 103 Å². The Labute approximate surface area is 701 Å². The van der Waals surface area contributed by atoms with Gasteiger partial charge in [0.05, 0.1) is 0 Å². The van der Waals surface area contributed by atoms with Crippen LogP contribution in [-0.2, 0) is 97.4 Å². The van der Waals surface area contributed by atoms with E-state index in [2.05, 4.69) is 163 Å². The van der Waals surface area contributed by atoms with Crippen molar-refractivity contribution in [3.63, 3.8) is 0 Å². The predicted octanol–water partition coefficient (Wildman–Crippen LogP) is 32.0. The van der Waals surface area contributed by atoms with Crippen LogP contribution in [-0.4, -0.2) is 5.48 Å². The predicted molar refractivity (Wildman–Crippen MR) is 440 cm³/mol. The molecular weight excluding hydrogens is 1470 g/mol. The summed E-state index contributed by atoms with van der Waals surface area (Å²) < 4.78 is 0. The standard InChI is InChI=1S/C16H33.C14H30.C14H28.C10H18.C9H16.2C9H15.C7H10.3C2H5.H2O.5Zn/c1-5-12-16(7-3)14-11-9-8-10-13-15(4)6-2;2*1-5-13(3)11-9-7-8-10-12-14(4)6-2;1-3-5-7-9-10-8-6-4-2;3*1-2-8-5-7-3-4-9(8)6-7;1-2-7-4-3-6(1)5-7;3*1-2;;;;;;/h15-16H,4-14H2,1-3H3;13-14H,5-12H2,1-4H3;13-14H,3-12H2,1-2H3;3-4H,1-2,5-10H2;7-9H,2-6H2,1H3;2*5,7-9H,2-4,6H2,1H3;1-2,6-7H,3-5H2;3*1H2,2H3;1H2;;;;;/q-1;;-2;;;2*-1;;3*-1;;;4*+2. The largest absolute Gasteiger partial charge is 2.00 e. The van der Waals surface area contributed by atoms with E-state index in [0.717, 1.165) is 82.9 Å². The minimum absolute atomic E-state index is 0. The molecule has 6 heteroatoms. The molecule has 0 aromatic rings. The average Bonchev–Trinajstić information content (AvgIpc) is 2.16. The van der Waals surface area contributed by atoms with Gasteiger partial charge in [0.2, 0.25) is 0 Å². The molecule has 1 nitrogen and oxygen atoms in total. The molecule has 0 amide bonds. The Morgan fingerprint density at radius 3 is 0.940 bits per heavy atom. The molecule has 574 valence electrons. The van der Waals surface area contributed by atoms with E-state index >= 15 is 0 Å². The summed E-state index contributed by atoms with van der Waals surface area (Å²) in [4.78, 5) is 0. The summed E-state index contributed by atoms with van der Waals surface area (Å²) in [5.74, 6) is 16.6. The zero-order chi connectivity index (χ0) is 71.0. The maximum Gasteiger partial charge on any atom is 2.00 e. The van der Waals surface area contributed by atoms with Crippen molar-refractivity contribution in [1.82, 2.24) is 0 Å². The van der Waals surface area contributed by atoms with Gasteiger partial charge in [-0.3, -0.25) is 0 Å². The monoisotopic (exact) mass is 1650 g/mol. The van der Waals surface area contributed by atoms with Crippen molar-refractivity contribution in [2.75, 3.05) is 0 Å². The van der Waals surface area contributed by atoms with Crippen LogP contribution in [0, 0.1) is 155 Å². The fraction of sp³-hybridized carbons (Fsp3) is 0.851. The Morgan fingerprint density at radius 1 is 0.380 bits per heavy atom. The molecular formula is C94H182OZn5. The number of fused-ring (bicyclic) bond motifs is 8. The van der Waals surface area contributed by atoms with Crippen LogP contribution >= 0.6 is 0 Å². The second kappa shape index (κ2) is 88.5. The first-order valence-electron chi connectivity index (χ1n) is 42.9. The molecule has 100 heavy (non-hydrogen) atoms. The zero-order valence-electron chi connectivity index (χ0n) is 71.9. The first-order valence-corrected chi connectivity index (χ1v) is 42.9. The Hall–Kier alpha value is 2.30. The van der Waals surface area contributed by atoms with Crippen molar-refractivity contribution in [3.05, 3.63) is 91.8 Å². The van der Waals surface area contributed by atoms with Gasteiger partial charge in [-0.15, -0.1) is 13.2 Å². The summed E-state index contributed by atoms with van der Waals surface area (Å²) in [5, 5.41) is 0. The minimum atomic E-state index is 0. The van der Waals surface area contributed by atoms with Crippen LogP contribution in [0.25, 0.3) is 0 Å². The Bertz CT molecular complexity index is 1410. The molecule has 2 N–H and O–H groups in total. The van der Waals surface area contributed by atoms with Gasteiger partial charge in [0.15, 0.2) is 0 Å². The van der Waals surface area contributed by atoms with Gasteiger partial charge in [0.1, 0.15) is 0 Å². The molecule has 8 rings (SSSR count). The van der Waals surface area contributed by atoms with E-state index < -0.39 is 0 Å².